The Kier molecular flexibility index (Phi) is 4.10. The Balaban J connectivity index is 2.79. The second-order valence-electron chi connectivity index (χ2n) is 2.90. The molecule has 0 saturated heterocycles. The highest BCUT2D eigenvalue weighted by molar-refractivity contribution is 9.09. The van der Waals surface area contributed by atoms with Gasteiger partial charge in [-0.05, 0) is 24.0 Å². The van der Waals surface area contributed by atoms with Crippen molar-refractivity contribution in [1.29, 1.82) is 0 Å². The summed E-state index contributed by atoms with van der Waals surface area (Å²) >= 11 is 9.47. The smallest absolute Gasteiger partial charge is 0.0440 e. The number of hydrogen-bond donors (Lipinski definition) is 0. The first-order valence-corrected chi connectivity index (χ1v) is 5.56. The van der Waals surface area contributed by atoms with Crippen LogP contribution >= 0.6 is 27.5 Å². The van der Waals surface area contributed by atoms with E-state index in [0.717, 1.165) is 16.8 Å². The van der Waals surface area contributed by atoms with E-state index in [1.54, 1.807) is 0 Å². The number of benzene rings is 1. The zero-order valence-electron chi connectivity index (χ0n) is 7.06. The third-order valence-electron chi connectivity index (χ3n) is 1.98. The number of hydrogen-bond acceptors (Lipinski definition) is 0. The van der Waals surface area contributed by atoms with Gasteiger partial charge < -0.3 is 0 Å². The molecular weight excluding hydrogens is 235 g/mol. The van der Waals surface area contributed by atoms with Gasteiger partial charge in [0.05, 0.1) is 0 Å². The van der Waals surface area contributed by atoms with Crippen molar-refractivity contribution in [3.05, 3.63) is 34.9 Å². The van der Waals surface area contributed by atoms with Crippen molar-refractivity contribution in [2.24, 2.45) is 0 Å². The van der Waals surface area contributed by atoms with E-state index in [0.29, 0.717) is 5.92 Å². The average molecular weight is 248 g/mol. The highest BCUT2D eigenvalue weighted by Gasteiger charge is 2.07. The van der Waals surface area contributed by atoms with Crippen molar-refractivity contribution in [3.63, 3.8) is 0 Å². The van der Waals surface area contributed by atoms with Gasteiger partial charge in [0.2, 0.25) is 0 Å². The van der Waals surface area contributed by atoms with Gasteiger partial charge in [0, 0.05) is 10.4 Å². The molecule has 0 saturated carbocycles. The van der Waals surface area contributed by atoms with E-state index >= 15 is 0 Å². The first-order chi connectivity index (χ1) is 5.75. The second kappa shape index (κ2) is 4.88. The first-order valence-electron chi connectivity index (χ1n) is 4.06. The lowest BCUT2D eigenvalue weighted by Crippen LogP contribution is -1.94. The Bertz CT molecular complexity index is 247. The Hall–Kier alpha value is -0.0100. The fraction of sp³-hybridized carbons (Fsp3) is 0.400. The van der Waals surface area contributed by atoms with Crippen LogP contribution in [-0.4, -0.2) is 5.33 Å². The molecular formula is C10H12BrCl. The van der Waals surface area contributed by atoms with Crippen LogP contribution in [0.15, 0.2) is 24.3 Å². The molecule has 0 bridgehead atoms. The minimum absolute atomic E-state index is 0.540. The summed E-state index contributed by atoms with van der Waals surface area (Å²) in [5.74, 6) is 0.540. The van der Waals surface area contributed by atoms with E-state index in [1.807, 2.05) is 18.2 Å². The Labute approximate surface area is 87.1 Å². The van der Waals surface area contributed by atoms with E-state index in [-0.39, 0.29) is 0 Å². The largest absolute Gasteiger partial charge is 0.0928 e. The lowest BCUT2D eigenvalue weighted by molar-refractivity contribution is 0.744. The molecule has 0 spiro atoms. The Morgan fingerprint density at radius 1 is 1.42 bits per heavy atom. The van der Waals surface area contributed by atoms with Crippen LogP contribution in [0.2, 0.25) is 5.02 Å². The van der Waals surface area contributed by atoms with E-state index < -0.39 is 0 Å². The fourth-order valence-electron chi connectivity index (χ4n) is 1.19. The molecule has 12 heavy (non-hydrogen) atoms. The van der Waals surface area contributed by atoms with Crippen LogP contribution in [0, 0.1) is 0 Å². The van der Waals surface area contributed by atoms with Gasteiger partial charge in [0.15, 0.2) is 0 Å². The number of rotatable bonds is 3. The molecule has 0 aliphatic heterocycles. The van der Waals surface area contributed by atoms with Gasteiger partial charge in [-0.1, -0.05) is 52.7 Å². The van der Waals surface area contributed by atoms with Crippen LogP contribution in [0.4, 0.5) is 0 Å². The zero-order valence-corrected chi connectivity index (χ0v) is 9.40. The van der Waals surface area contributed by atoms with Gasteiger partial charge in [-0.3, -0.25) is 0 Å². The van der Waals surface area contributed by atoms with Crippen molar-refractivity contribution >= 4 is 27.5 Å². The minimum atomic E-state index is 0.540. The molecule has 0 amide bonds. The summed E-state index contributed by atoms with van der Waals surface area (Å²) in [5, 5.41) is 1.91. The fourth-order valence-corrected chi connectivity index (χ4v) is 2.20. The third kappa shape index (κ3) is 2.49. The summed E-state index contributed by atoms with van der Waals surface area (Å²) in [6.45, 7) is 2.20. The molecule has 1 unspecified atom stereocenters. The summed E-state index contributed by atoms with van der Waals surface area (Å²) in [6, 6.07) is 8.04. The monoisotopic (exact) mass is 246 g/mol. The van der Waals surface area contributed by atoms with Crippen molar-refractivity contribution < 1.29 is 0 Å². The van der Waals surface area contributed by atoms with E-state index in [2.05, 4.69) is 28.9 Å². The third-order valence-corrected chi connectivity index (χ3v) is 2.78. The van der Waals surface area contributed by atoms with Crippen molar-refractivity contribution in [3.8, 4) is 0 Å². The van der Waals surface area contributed by atoms with Crippen LogP contribution in [0.1, 0.15) is 24.8 Å². The summed E-state index contributed by atoms with van der Waals surface area (Å²) < 4.78 is 0. The predicted molar refractivity (Wildman–Crippen MR) is 58.3 cm³/mol. The number of halogens is 2. The van der Waals surface area contributed by atoms with E-state index in [1.165, 1.54) is 5.56 Å². The van der Waals surface area contributed by atoms with Crippen molar-refractivity contribution in [1.82, 2.24) is 0 Å². The maximum atomic E-state index is 6.04. The molecule has 1 rings (SSSR count). The molecule has 0 fully saturated rings. The zero-order chi connectivity index (χ0) is 8.97. The van der Waals surface area contributed by atoms with E-state index in [9.17, 15) is 0 Å². The molecule has 0 aliphatic carbocycles. The van der Waals surface area contributed by atoms with Gasteiger partial charge in [-0.25, -0.2) is 0 Å². The molecule has 0 aromatic heterocycles. The van der Waals surface area contributed by atoms with Crippen LogP contribution in [0.5, 0.6) is 0 Å². The van der Waals surface area contributed by atoms with Gasteiger partial charge >= 0.3 is 0 Å². The summed E-state index contributed by atoms with van der Waals surface area (Å²) in [6.07, 6.45) is 1.13. The number of alkyl halides is 1. The SMILES string of the molecule is CC(CCBr)c1ccccc1Cl. The normalized spacial score (nSPS) is 12.9. The summed E-state index contributed by atoms with van der Waals surface area (Å²) in [7, 11) is 0. The van der Waals surface area contributed by atoms with Crippen molar-refractivity contribution in [2.75, 3.05) is 5.33 Å². The topological polar surface area (TPSA) is 0 Å². The quantitative estimate of drug-likeness (QED) is 0.701. The predicted octanol–water partition coefficient (Wildman–Crippen LogP) is 4.23. The highest BCUT2D eigenvalue weighted by Crippen LogP contribution is 2.26. The molecule has 0 heterocycles. The standard InChI is InChI=1S/C10H12BrCl/c1-8(6-7-11)9-4-2-3-5-10(9)12/h2-5,8H,6-7H2,1H3. The molecule has 1 atom stereocenters. The van der Waals surface area contributed by atoms with Gasteiger partial charge in [-0.2, -0.15) is 0 Å². The van der Waals surface area contributed by atoms with Gasteiger partial charge in [0.1, 0.15) is 0 Å². The second-order valence-corrected chi connectivity index (χ2v) is 4.10. The maximum absolute atomic E-state index is 6.04. The first kappa shape index (κ1) is 10.1. The van der Waals surface area contributed by atoms with Crippen LogP contribution in [-0.2, 0) is 0 Å². The molecule has 0 aliphatic rings. The maximum Gasteiger partial charge on any atom is 0.0440 e. The summed E-state index contributed by atoms with van der Waals surface area (Å²) in [4.78, 5) is 0. The minimum Gasteiger partial charge on any atom is -0.0928 e. The molecule has 66 valence electrons. The molecule has 1 aromatic rings. The van der Waals surface area contributed by atoms with Crippen LogP contribution in [0.3, 0.4) is 0 Å². The highest BCUT2D eigenvalue weighted by atomic mass is 79.9. The lowest BCUT2D eigenvalue weighted by Gasteiger charge is -2.11. The molecule has 1 aromatic carbocycles. The molecule has 0 N–H and O–H groups in total. The molecule has 0 nitrogen and oxygen atoms in total. The van der Waals surface area contributed by atoms with Gasteiger partial charge in [0.25, 0.3) is 0 Å². The average Bonchev–Trinajstić information content (AvgIpc) is 2.05. The summed E-state index contributed by atoms with van der Waals surface area (Å²) in [5.41, 5.74) is 1.25. The van der Waals surface area contributed by atoms with Crippen LogP contribution in [0.25, 0.3) is 0 Å². The molecule has 2 heteroatoms. The lowest BCUT2D eigenvalue weighted by atomic mass is 9.99. The van der Waals surface area contributed by atoms with Crippen LogP contribution < -0.4 is 0 Å². The Morgan fingerprint density at radius 2 is 2.08 bits per heavy atom. The Morgan fingerprint density at radius 3 is 2.67 bits per heavy atom. The molecule has 0 radical (unpaired) electrons. The van der Waals surface area contributed by atoms with Gasteiger partial charge in [-0.15, -0.1) is 0 Å². The van der Waals surface area contributed by atoms with E-state index in [4.69, 9.17) is 11.6 Å². The van der Waals surface area contributed by atoms with Crippen molar-refractivity contribution in [2.45, 2.75) is 19.3 Å².